The van der Waals surface area contributed by atoms with Gasteiger partial charge in [0.05, 0.1) is 15.8 Å². The third kappa shape index (κ3) is 5.01. The predicted molar refractivity (Wildman–Crippen MR) is 118 cm³/mol. The Morgan fingerprint density at radius 1 is 1.06 bits per heavy atom. The molecule has 0 aliphatic carbocycles. The fraction of sp³-hybridized carbons (Fsp3) is 0.130. The number of ether oxygens (including phenoxy) is 2. The van der Waals surface area contributed by atoms with Crippen LogP contribution in [0.15, 0.2) is 60.1 Å². The highest BCUT2D eigenvalue weighted by molar-refractivity contribution is 7.17. The van der Waals surface area contributed by atoms with E-state index in [1.54, 1.807) is 35.7 Å². The fourth-order valence-electron chi connectivity index (χ4n) is 3.21. The molecule has 0 amide bonds. The molecule has 6 nitrogen and oxygen atoms in total. The van der Waals surface area contributed by atoms with Crippen LogP contribution in [0.1, 0.15) is 27.0 Å². The molecule has 33 heavy (non-hydrogen) atoms. The van der Waals surface area contributed by atoms with Gasteiger partial charge in [0.25, 0.3) is 0 Å². The van der Waals surface area contributed by atoms with Gasteiger partial charge < -0.3 is 20.3 Å². The minimum absolute atomic E-state index is 0.0390. The molecular formula is C23H17F3N2O4S. The largest absolute Gasteiger partial charge is 0.489 e. The molecule has 4 rings (SSSR count). The Kier molecular flexibility index (Phi) is 6.10. The minimum Gasteiger partial charge on any atom is -0.489 e. The second kappa shape index (κ2) is 8.99. The Balaban J connectivity index is 1.45. The number of carboxylic acids is 1. The van der Waals surface area contributed by atoms with Crippen molar-refractivity contribution in [2.75, 3.05) is 5.73 Å². The van der Waals surface area contributed by atoms with E-state index in [9.17, 15) is 23.1 Å². The first-order valence-electron chi connectivity index (χ1n) is 9.62. The van der Waals surface area contributed by atoms with Crippen LogP contribution in [0, 0.1) is 0 Å². The molecule has 2 heterocycles. The summed E-state index contributed by atoms with van der Waals surface area (Å²) in [5, 5.41) is 11.6. The number of thiophene rings is 1. The zero-order valence-corrected chi connectivity index (χ0v) is 17.7. The van der Waals surface area contributed by atoms with Gasteiger partial charge in [-0.05, 0) is 35.2 Å². The number of nitrogens with zero attached hydrogens (tertiary/aromatic N) is 1. The first-order valence-corrected chi connectivity index (χ1v) is 10.5. The molecular weight excluding hydrogens is 457 g/mol. The van der Waals surface area contributed by atoms with Gasteiger partial charge in [0.1, 0.15) is 30.5 Å². The summed E-state index contributed by atoms with van der Waals surface area (Å²) in [5.74, 6) is 0.0201. The molecule has 0 fully saturated rings. The molecule has 0 aliphatic rings. The Hall–Kier alpha value is -3.79. The predicted octanol–water partition coefficient (Wildman–Crippen LogP) is 5.75. The standard InChI is InChI=1S/C23H17F3N2O4S/c24-23(25,26)15-4-1-3-13(7-15)10-31-16-5-2-6-17(8-16)32-11-14-12-33-20-18(22(29)30)9-28-21(27)19(14)20/h1-9,12H,10-11H2,(H2,27,28)(H,29,30). The van der Waals surface area contributed by atoms with Crippen molar-refractivity contribution in [2.24, 2.45) is 0 Å². The van der Waals surface area contributed by atoms with Crippen LogP contribution in [-0.2, 0) is 19.4 Å². The molecule has 0 saturated carbocycles. The number of benzene rings is 2. The van der Waals surface area contributed by atoms with E-state index in [0.717, 1.165) is 12.1 Å². The average molecular weight is 474 g/mol. The molecule has 0 spiro atoms. The Morgan fingerprint density at radius 2 is 1.76 bits per heavy atom. The number of alkyl halides is 3. The molecule has 0 bridgehead atoms. The molecule has 0 saturated heterocycles. The number of nitrogen functional groups attached to an aromatic ring is 1. The van der Waals surface area contributed by atoms with Gasteiger partial charge in [-0.1, -0.05) is 18.2 Å². The van der Waals surface area contributed by atoms with Gasteiger partial charge in [-0.25, -0.2) is 9.78 Å². The van der Waals surface area contributed by atoms with Gasteiger partial charge in [-0.2, -0.15) is 13.2 Å². The van der Waals surface area contributed by atoms with Crippen molar-refractivity contribution < 1.29 is 32.5 Å². The lowest BCUT2D eigenvalue weighted by Crippen LogP contribution is -2.06. The quantitative estimate of drug-likeness (QED) is 0.354. The number of aromatic nitrogens is 1. The van der Waals surface area contributed by atoms with Crippen LogP contribution in [-0.4, -0.2) is 16.1 Å². The highest BCUT2D eigenvalue weighted by Crippen LogP contribution is 2.34. The summed E-state index contributed by atoms with van der Waals surface area (Å²) in [6, 6.07) is 11.6. The summed E-state index contributed by atoms with van der Waals surface area (Å²) in [4.78, 5) is 15.4. The van der Waals surface area contributed by atoms with Crippen LogP contribution in [0.25, 0.3) is 10.1 Å². The molecule has 170 valence electrons. The second-order valence-electron chi connectivity index (χ2n) is 7.08. The van der Waals surface area contributed by atoms with Crippen molar-refractivity contribution in [3.05, 3.63) is 82.4 Å². The highest BCUT2D eigenvalue weighted by Gasteiger charge is 2.30. The monoisotopic (exact) mass is 474 g/mol. The van der Waals surface area contributed by atoms with Gasteiger partial charge in [-0.15, -0.1) is 11.3 Å². The smallest absolute Gasteiger partial charge is 0.416 e. The van der Waals surface area contributed by atoms with Gasteiger partial charge in [-0.3, -0.25) is 0 Å². The normalized spacial score (nSPS) is 11.5. The van der Waals surface area contributed by atoms with Crippen molar-refractivity contribution in [3.63, 3.8) is 0 Å². The lowest BCUT2D eigenvalue weighted by molar-refractivity contribution is -0.137. The molecule has 4 aromatic rings. The minimum atomic E-state index is -4.42. The number of halogens is 3. The van der Waals surface area contributed by atoms with E-state index >= 15 is 0 Å². The highest BCUT2D eigenvalue weighted by atomic mass is 32.1. The summed E-state index contributed by atoms with van der Waals surface area (Å²) in [7, 11) is 0. The maximum absolute atomic E-state index is 12.9. The van der Waals surface area contributed by atoms with E-state index in [1.807, 2.05) is 0 Å². The van der Waals surface area contributed by atoms with Gasteiger partial charge in [0.2, 0.25) is 0 Å². The van der Waals surface area contributed by atoms with Crippen LogP contribution in [0.2, 0.25) is 0 Å². The van der Waals surface area contributed by atoms with Gasteiger partial charge >= 0.3 is 12.1 Å². The van der Waals surface area contributed by atoms with Crippen molar-refractivity contribution in [1.82, 2.24) is 4.98 Å². The van der Waals surface area contributed by atoms with Crippen molar-refractivity contribution >= 4 is 33.2 Å². The van der Waals surface area contributed by atoms with Gasteiger partial charge in [0, 0.05) is 23.2 Å². The molecule has 0 aliphatic heterocycles. The van der Waals surface area contributed by atoms with E-state index in [4.69, 9.17) is 15.2 Å². The zero-order chi connectivity index (χ0) is 23.6. The van der Waals surface area contributed by atoms with Crippen molar-refractivity contribution in [2.45, 2.75) is 19.4 Å². The van der Waals surface area contributed by atoms with Crippen LogP contribution < -0.4 is 15.2 Å². The molecule has 2 aromatic carbocycles. The lowest BCUT2D eigenvalue weighted by Gasteiger charge is -2.11. The number of anilines is 1. The average Bonchev–Trinajstić information content (AvgIpc) is 3.21. The third-order valence-corrected chi connectivity index (χ3v) is 5.85. The van der Waals surface area contributed by atoms with Crippen molar-refractivity contribution in [1.29, 1.82) is 0 Å². The molecule has 0 atom stereocenters. The molecule has 10 heteroatoms. The summed E-state index contributed by atoms with van der Waals surface area (Å²) in [6.45, 7) is 0.0781. The van der Waals surface area contributed by atoms with E-state index in [1.165, 1.54) is 23.6 Å². The van der Waals surface area contributed by atoms with Crippen LogP contribution >= 0.6 is 11.3 Å². The number of hydrogen-bond donors (Lipinski definition) is 2. The molecule has 3 N–H and O–H groups in total. The number of hydrogen-bond acceptors (Lipinski definition) is 6. The van der Waals surface area contributed by atoms with Gasteiger partial charge in [0.15, 0.2) is 0 Å². The topological polar surface area (TPSA) is 94.7 Å². The van der Waals surface area contributed by atoms with E-state index in [-0.39, 0.29) is 24.6 Å². The molecule has 0 unspecified atom stereocenters. The maximum atomic E-state index is 12.9. The summed E-state index contributed by atoms with van der Waals surface area (Å²) >= 11 is 1.24. The van der Waals surface area contributed by atoms with Crippen LogP contribution in [0.5, 0.6) is 11.5 Å². The van der Waals surface area contributed by atoms with E-state index in [0.29, 0.717) is 32.7 Å². The van der Waals surface area contributed by atoms with Crippen LogP contribution in [0.4, 0.5) is 19.0 Å². The number of carbonyl (C=O) groups is 1. The van der Waals surface area contributed by atoms with Crippen LogP contribution in [0.3, 0.4) is 0 Å². The Morgan fingerprint density at radius 3 is 2.45 bits per heavy atom. The maximum Gasteiger partial charge on any atom is 0.416 e. The molecule has 0 radical (unpaired) electrons. The first-order chi connectivity index (χ1) is 15.7. The molecule has 2 aromatic heterocycles. The number of pyridine rings is 1. The second-order valence-corrected chi connectivity index (χ2v) is 7.96. The fourth-order valence-corrected chi connectivity index (χ4v) is 4.27. The van der Waals surface area contributed by atoms with E-state index in [2.05, 4.69) is 4.98 Å². The Labute approximate surface area is 190 Å². The number of rotatable bonds is 7. The Bertz CT molecular complexity index is 1320. The summed E-state index contributed by atoms with van der Waals surface area (Å²) in [5.41, 5.74) is 6.37. The summed E-state index contributed by atoms with van der Waals surface area (Å²) in [6.07, 6.45) is -3.19. The third-order valence-electron chi connectivity index (χ3n) is 4.79. The SMILES string of the molecule is Nc1ncc(C(=O)O)c2scc(COc3cccc(OCc4cccc(C(F)(F)F)c4)c3)c12. The summed E-state index contributed by atoms with van der Waals surface area (Å²) < 4.78 is 50.6. The first kappa shape index (κ1) is 22.4. The lowest BCUT2D eigenvalue weighted by atomic mass is 10.1. The number of fused-ring (bicyclic) bond motifs is 1. The van der Waals surface area contributed by atoms with E-state index < -0.39 is 17.7 Å². The number of nitrogens with two attached hydrogens (primary N) is 1. The van der Waals surface area contributed by atoms with Crippen molar-refractivity contribution in [3.8, 4) is 11.5 Å². The number of carboxylic acid groups (broad SMARTS) is 1. The zero-order valence-electron chi connectivity index (χ0n) is 16.9. The number of aromatic carboxylic acids is 1.